The summed E-state index contributed by atoms with van der Waals surface area (Å²) in [6, 6.07) is 0. The van der Waals surface area contributed by atoms with Crippen molar-refractivity contribution in [3.8, 4) is 0 Å². The van der Waals surface area contributed by atoms with Gasteiger partial charge in [-0.1, -0.05) is 11.6 Å². The molecule has 0 fully saturated rings. The second-order valence-corrected chi connectivity index (χ2v) is 3.44. The Bertz CT molecular complexity index is 416. The van der Waals surface area contributed by atoms with E-state index in [1.165, 1.54) is 7.05 Å². The van der Waals surface area contributed by atoms with E-state index in [1.54, 1.807) is 0 Å². The van der Waals surface area contributed by atoms with Crippen LogP contribution in [0.1, 0.15) is 5.69 Å². The number of hydrogen-bond acceptors (Lipinski definition) is 2. The fourth-order valence-corrected chi connectivity index (χ4v) is 1.23. The molecule has 0 spiro atoms. The maximum absolute atomic E-state index is 12.5. The summed E-state index contributed by atoms with van der Waals surface area (Å²) in [6.07, 6.45) is -4.69. The third kappa shape index (κ3) is 2.59. The van der Waals surface area contributed by atoms with Crippen LogP contribution in [0.2, 0.25) is 5.15 Å². The van der Waals surface area contributed by atoms with Crippen LogP contribution < -0.4 is 5.32 Å². The van der Waals surface area contributed by atoms with Crippen LogP contribution >= 0.6 is 23.2 Å². The number of aromatic nitrogens is 2. The highest BCUT2D eigenvalue weighted by Crippen LogP contribution is 2.37. The van der Waals surface area contributed by atoms with Crippen molar-refractivity contribution in [3.05, 3.63) is 10.8 Å². The van der Waals surface area contributed by atoms with E-state index in [1.807, 2.05) is 5.32 Å². The lowest BCUT2D eigenvalue weighted by Gasteiger charge is -2.06. The third-order valence-electron chi connectivity index (χ3n) is 1.63. The summed E-state index contributed by atoms with van der Waals surface area (Å²) in [5.74, 6) is -1.26. The van der Waals surface area contributed by atoms with Gasteiger partial charge in [-0.15, -0.1) is 11.6 Å². The molecule has 0 saturated carbocycles. The summed E-state index contributed by atoms with van der Waals surface area (Å²) in [4.78, 5) is 10.9. The maximum Gasteiger partial charge on any atom is 0.437 e. The van der Waals surface area contributed by atoms with Crippen LogP contribution in [0.15, 0.2) is 0 Å². The summed E-state index contributed by atoms with van der Waals surface area (Å²) in [5, 5.41) is 4.81. The Balaban J connectivity index is 3.19. The minimum Gasteiger partial charge on any atom is -0.321 e. The Morgan fingerprint density at radius 3 is 2.56 bits per heavy atom. The van der Waals surface area contributed by atoms with Crippen molar-refractivity contribution in [3.63, 3.8) is 0 Å². The van der Waals surface area contributed by atoms with Gasteiger partial charge in [0, 0.05) is 7.05 Å². The molecule has 1 N–H and O–H groups in total. The first-order valence-electron chi connectivity index (χ1n) is 3.93. The molecule has 0 aliphatic rings. The van der Waals surface area contributed by atoms with Gasteiger partial charge in [0.05, 0.1) is 0 Å². The predicted octanol–water partition coefficient (Wildman–Crippen LogP) is 2.27. The van der Waals surface area contributed by atoms with Crippen LogP contribution in [0.25, 0.3) is 0 Å². The zero-order chi connectivity index (χ0) is 12.5. The lowest BCUT2D eigenvalue weighted by molar-refractivity contribution is -0.140. The molecular formula is C7H6Cl2F3N3O. The van der Waals surface area contributed by atoms with Crippen LogP contribution in [-0.4, -0.2) is 21.6 Å². The first-order valence-corrected chi connectivity index (χ1v) is 4.84. The number of hydrogen-bond donors (Lipinski definition) is 1. The fourth-order valence-electron chi connectivity index (χ4n) is 0.985. The standard InChI is InChI=1S/C7H6Cl2F3N3O/c1-15-6(9)4(13-3(16)2-8)5(14-15)7(10,11)12/h2H2,1H3,(H,13,16). The normalized spacial score (nSPS) is 11.6. The first kappa shape index (κ1) is 13.1. The van der Waals surface area contributed by atoms with E-state index in [9.17, 15) is 18.0 Å². The fraction of sp³-hybridized carbons (Fsp3) is 0.429. The third-order valence-corrected chi connectivity index (χ3v) is 2.31. The molecule has 0 aromatic carbocycles. The molecule has 4 nitrogen and oxygen atoms in total. The van der Waals surface area contributed by atoms with Gasteiger partial charge < -0.3 is 5.32 Å². The van der Waals surface area contributed by atoms with Gasteiger partial charge in [0.2, 0.25) is 5.91 Å². The summed E-state index contributed by atoms with van der Waals surface area (Å²) < 4.78 is 38.2. The van der Waals surface area contributed by atoms with Crippen LogP contribution in [-0.2, 0) is 18.0 Å². The molecule has 16 heavy (non-hydrogen) atoms. The van der Waals surface area contributed by atoms with Crippen molar-refractivity contribution in [2.24, 2.45) is 7.05 Å². The Morgan fingerprint density at radius 2 is 2.12 bits per heavy atom. The van der Waals surface area contributed by atoms with E-state index in [0.717, 1.165) is 4.68 Å². The molecule has 0 aliphatic heterocycles. The number of carbonyl (C=O) groups is 1. The molecule has 1 amide bonds. The molecule has 1 rings (SSSR count). The van der Waals surface area contributed by atoms with E-state index >= 15 is 0 Å². The van der Waals surface area contributed by atoms with Gasteiger partial charge in [-0.05, 0) is 0 Å². The van der Waals surface area contributed by atoms with Crippen molar-refractivity contribution < 1.29 is 18.0 Å². The Morgan fingerprint density at radius 1 is 1.56 bits per heavy atom. The minimum atomic E-state index is -4.69. The molecule has 1 aromatic heterocycles. The zero-order valence-corrected chi connectivity index (χ0v) is 9.41. The zero-order valence-electron chi connectivity index (χ0n) is 7.90. The SMILES string of the molecule is Cn1nc(C(F)(F)F)c(NC(=O)CCl)c1Cl. The number of anilines is 1. The summed E-state index contributed by atoms with van der Waals surface area (Å²) in [7, 11) is 1.23. The number of rotatable bonds is 2. The average molecular weight is 276 g/mol. The molecule has 0 unspecified atom stereocenters. The second-order valence-electron chi connectivity index (χ2n) is 2.82. The molecule has 0 aliphatic carbocycles. The van der Waals surface area contributed by atoms with Gasteiger partial charge in [0.1, 0.15) is 11.6 Å². The van der Waals surface area contributed by atoms with E-state index in [2.05, 4.69) is 5.10 Å². The molecule has 0 radical (unpaired) electrons. The second kappa shape index (κ2) is 4.50. The van der Waals surface area contributed by atoms with Gasteiger partial charge >= 0.3 is 6.18 Å². The molecular weight excluding hydrogens is 270 g/mol. The van der Waals surface area contributed by atoms with Crippen molar-refractivity contribution in [2.45, 2.75) is 6.18 Å². The Hall–Kier alpha value is -0.950. The van der Waals surface area contributed by atoms with Crippen LogP contribution in [0.4, 0.5) is 18.9 Å². The monoisotopic (exact) mass is 275 g/mol. The van der Waals surface area contributed by atoms with Gasteiger partial charge in [-0.3, -0.25) is 9.48 Å². The number of alkyl halides is 4. The predicted molar refractivity (Wildman–Crippen MR) is 52.6 cm³/mol. The lowest BCUT2D eigenvalue weighted by atomic mass is 10.3. The number of amides is 1. The highest BCUT2D eigenvalue weighted by Gasteiger charge is 2.39. The van der Waals surface area contributed by atoms with E-state index < -0.39 is 29.3 Å². The maximum atomic E-state index is 12.5. The molecule has 1 aromatic rings. The summed E-state index contributed by atoms with van der Waals surface area (Å²) in [5.41, 5.74) is -1.83. The van der Waals surface area contributed by atoms with Crippen LogP contribution in [0, 0.1) is 0 Å². The number of halogens is 5. The highest BCUT2D eigenvalue weighted by atomic mass is 35.5. The van der Waals surface area contributed by atoms with Gasteiger partial charge in [0.15, 0.2) is 10.8 Å². The van der Waals surface area contributed by atoms with Gasteiger partial charge in [-0.2, -0.15) is 18.3 Å². The van der Waals surface area contributed by atoms with E-state index in [-0.39, 0.29) is 5.15 Å². The first-order chi connectivity index (χ1) is 7.27. The van der Waals surface area contributed by atoms with Crippen LogP contribution in [0.5, 0.6) is 0 Å². The molecule has 0 atom stereocenters. The molecule has 0 bridgehead atoms. The average Bonchev–Trinajstić information content (AvgIpc) is 2.45. The smallest absolute Gasteiger partial charge is 0.321 e. The Labute approximate surface area is 98.3 Å². The van der Waals surface area contributed by atoms with Crippen LogP contribution in [0.3, 0.4) is 0 Å². The van der Waals surface area contributed by atoms with E-state index in [4.69, 9.17) is 23.2 Å². The molecule has 0 saturated heterocycles. The van der Waals surface area contributed by atoms with Crippen molar-refractivity contribution in [1.82, 2.24) is 9.78 Å². The molecule has 9 heteroatoms. The topological polar surface area (TPSA) is 46.9 Å². The number of carbonyl (C=O) groups excluding carboxylic acids is 1. The highest BCUT2D eigenvalue weighted by molar-refractivity contribution is 6.34. The minimum absolute atomic E-state index is 0.314. The van der Waals surface area contributed by atoms with Gasteiger partial charge in [-0.25, -0.2) is 0 Å². The number of nitrogens with zero attached hydrogens (tertiary/aromatic N) is 2. The quantitative estimate of drug-likeness (QED) is 0.842. The van der Waals surface area contributed by atoms with Crippen molar-refractivity contribution in [1.29, 1.82) is 0 Å². The summed E-state index contributed by atoms with van der Waals surface area (Å²) >= 11 is 10.7. The number of aryl methyl sites for hydroxylation is 1. The Kier molecular flexibility index (Phi) is 3.69. The number of nitrogens with one attached hydrogen (secondary N) is 1. The molecule has 90 valence electrons. The largest absolute Gasteiger partial charge is 0.437 e. The molecule has 1 heterocycles. The lowest BCUT2D eigenvalue weighted by Crippen LogP contribution is -2.16. The van der Waals surface area contributed by atoms with E-state index in [0.29, 0.717) is 0 Å². The van der Waals surface area contributed by atoms with Crippen molar-refractivity contribution >= 4 is 34.8 Å². The summed E-state index contributed by atoms with van der Waals surface area (Å²) in [6.45, 7) is 0. The van der Waals surface area contributed by atoms with Gasteiger partial charge in [0.25, 0.3) is 0 Å². The van der Waals surface area contributed by atoms with Crippen molar-refractivity contribution in [2.75, 3.05) is 11.2 Å².